The number of thiazole rings is 1. The highest BCUT2D eigenvalue weighted by molar-refractivity contribution is 7.13. The van der Waals surface area contributed by atoms with Crippen molar-refractivity contribution in [1.82, 2.24) is 14.9 Å². The molecule has 128 valence electrons. The highest BCUT2D eigenvalue weighted by atomic mass is 32.1. The van der Waals surface area contributed by atoms with Crippen molar-refractivity contribution in [3.63, 3.8) is 0 Å². The minimum Gasteiger partial charge on any atom is -0.470 e. The third-order valence-corrected chi connectivity index (χ3v) is 4.95. The van der Waals surface area contributed by atoms with E-state index in [1.807, 2.05) is 13.1 Å². The maximum absolute atomic E-state index is 5.47. The Morgan fingerprint density at radius 1 is 1.25 bits per heavy atom. The molecule has 0 bridgehead atoms. The zero-order valence-electron chi connectivity index (χ0n) is 14.7. The Bertz CT molecular complexity index is 703. The molecule has 2 aromatic heterocycles. The summed E-state index contributed by atoms with van der Waals surface area (Å²) in [4.78, 5) is 12.6. The van der Waals surface area contributed by atoms with E-state index in [1.54, 1.807) is 11.3 Å². The van der Waals surface area contributed by atoms with E-state index in [1.165, 1.54) is 16.0 Å². The number of ether oxygens (including phenoxy) is 1. The molecule has 0 aromatic carbocycles. The Labute approximate surface area is 148 Å². The summed E-state index contributed by atoms with van der Waals surface area (Å²) >= 11 is 1.66. The molecule has 0 atom stereocenters. The van der Waals surface area contributed by atoms with Crippen LogP contribution >= 0.6 is 11.3 Å². The van der Waals surface area contributed by atoms with E-state index in [0.29, 0.717) is 6.61 Å². The summed E-state index contributed by atoms with van der Waals surface area (Å²) in [6, 6.07) is 4.40. The number of rotatable bonds is 6. The largest absolute Gasteiger partial charge is 0.470 e. The van der Waals surface area contributed by atoms with Crippen LogP contribution in [0.2, 0.25) is 0 Å². The van der Waals surface area contributed by atoms with Crippen LogP contribution in [-0.2, 0) is 13.0 Å². The first kappa shape index (κ1) is 17.1. The summed E-state index contributed by atoms with van der Waals surface area (Å²) in [5.41, 5.74) is 5.07. The standard InChI is InChI=1S/C19H25N3OS/c1-4-23-19-20-11-18(24-19)13-22-7-5-6-16(12-22)10-17-8-14(2)21-15(3)9-17/h6,8-9,11H,4-5,7,10,12-13H2,1-3H3. The van der Waals surface area contributed by atoms with Crippen molar-refractivity contribution in [2.75, 3.05) is 19.7 Å². The van der Waals surface area contributed by atoms with Crippen LogP contribution in [0.3, 0.4) is 0 Å². The van der Waals surface area contributed by atoms with Gasteiger partial charge in [0.15, 0.2) is 0 Å². The van der Waals surface area contributed by atoms with Gasteiger partial charge in [-0.3, -0.25) is 9.88 Å². The fourth-order valence-electron chi connectivity index (χ4n) is 3.20. The van der Waals surface area contributed by atoms with Crippen LogP contribution in [0, 0.1) is 13.8 Å². The lowest BCUT2D eigenvalue weighted by molar-refractivity contribution is 0.282. The summed E-state index contributed by atoms with van der Waals surface area (Å²) in [5.74, 6) is 0. The lowest BCUT2D eigenvalue weighted by Crippen LogP contribution is -2.29. The molecule has 0 saturated heterocycles. The molecule has 0 unspecified atom stereocenters. The van der Waals surface area contributed by atoms with Gasteiger partial charge in [0.25, 0.3) is 5.19 Å². The fraction of sp³-hybridized carbons (Fsp3) is 0.474. The Hall–Kier alpha value is -1.72. The van der Waals surface area contributed by atoms with Gasteiger partial charge in [0.2, 0.25) is 0 Å². The van der Waals surface area contributed by atoms with Crippen molar-refractivity contribution in [3.05, 3.63) is 51.8 Å². The molecule has 0 N–H and O–H groups in total. The van der Waals surface area contributed by atoms with Gasteiger partial charge in [0.1, 0.15) is 0 Å². The second-order valence-corrected chi connectivity index (χ2v) is 7.40. The van der Waals surface area contributed by atoms with Gasteiger partial charge in [0.05, 0.1) is 6.61 Å². The van der Waals surface area contributed by atoms with Gasteiger partial charge >= 0.3 is 0 Å². The van der Waals surface area contributed by atoms with Crippen LogP contribution in [0.1, 0.15) is 35.2 Å². The molecule has 1 aliphatic rings. The van der Waals surface area contributed by atoms with Crippen LogP contribution in [0.25, 0.3) is 0 Å². The van der Waals surface area contributed by atoms with E-state index in [2.05, 4.69) is 46.9 Å². The van der Waals surface area contributed by atoms with E-state index >= 15 is 0 Å². The van der Waals surface area contributed by atoms with E-state index < -0.39 is 0 Å². The van der Waals surface area contributed by atoms with Crippen LogP contribution in [0.4, 0.5) is 0 Å². The van der Waals surface area contributed by atoms with Gasteiger partial charge in [-0.1, -0.05) is 23.0 Å². The van der Waals surface area contributed by atoms with E-state index in [4.69, 9.17) is 4.74 Å². The van der Waals surface area contributed by atoms with Crippen LogP contribution in [0.15, 0.2) is 30.0 Å². The number of hydrogen-bond acceptors (Lipinski definition) is 5. The molecule has 4 nitrogen and oxygen atoms in total. The van der Waals surface area contributed by atoms with E-state index in [9.17, 15) is 0 Å². The predicted octanol–water partition coefficient (Wildman–Crippen LogP) is 3.93. The van der Waals surface area contributed by atoms with Gasteiger partial charge in [-0.2, -0.15) is 0 Å². The molecule has 3 rings (SSSR count). The summed E-state index contributed by atoms with van der Waals surface area (Å²) in [6.07, 6.45) is 6.49. The van der Waals surface area contributed by atoms with Crippen LogP contribution in [0.5, 0.6) is 5.19 Å². The minimum atomic E-state index is 0.675. The maximum atomic E-state index is 5.47. The number of aryl methyl sites for hydroxylation is 2. The van der Waals surface area contributed by atoms with E-state index in [0.717, 1.165) is 49.1 Å². The highest BCUT2D eigenvalue weighted by Gasteiger charge is 2.15. The lowest BCUT2D eigenvalue weighted by atomic mass is 10.0. The summed E-state index contributed by atoms with van der Waals surface area (Å²) < 4.78 is 5.47. The van der Waals surface area contributed by atoms with Crippen molar-refractivity contribution in [2.24, 2.45) is 0 Å². The zero-order valence-corrected chi connectivity index (χ0v) is 15.5. The summed E-state index contributed by atoms with van der Waals surface area (Å²) in [5, 5.41) is 0.781. The third kappa shape index (κ3) is 4.65. The second kappa shape index (κ2) is 7.90. The number of nitrogens with zero attached hydrogens (tertiary/aromatic N) is 3. The lowest BCUT2D eigenvalue weighted by Gasteiger charge is -2.26. The molecule has 3 heterocycles. The Morgan fingerprint density at radius 2 is 2.04 bits per heavy atom. The molecule has 5 heteroatoms. The fourth-order valence-corrected chi connectivity index (χ4v) is 4.06. The number of pyridine rings is 1. The molecule has 24 heavy (non-hydrogen) atoms. The smallest absolute Gasteiger partial charge is 0.273 e. The zero-order chi connectivity index (χ0) is 16.9. The van der Waals surface area contributed by atoms with Crippen molar-refractivity contribution in [2.45, 2.75) is 40.2 Å². The Kier molecular flexibility index (Phi) is 5.63. The van der Waals surface area contributed by atoms with Gasteiger partial charge in [-0.05, 0) is 51.3 Å². The predicted molar refractivity (Wildman–Crippen MR) is 98.7 cm³/mol. The monoisotopic (exact) mass is 343 g/mol. The topological polar surface area (TPSA) is 38.2 Å². The molecule has 0 aliphatic carbocycles. The first-order valence-corrected chi connectivity index (χ1v) is 9.36. The number of hydrogen-bond donors (Lipinski definition) is 0. The third-order valence-electron chi connectivity index (χ3n) is 4.06. The van der Waals surface area contributed by atoms with E-state index in [-0.39, 0.29) is 0 Å². The molecule has 0 spiro atoms. The second-order valence-electron chi connectivity index (χ2n) is 6.32. The minimum absolute atomic E-state index is 0.675. The Morgan fingerprint density at radius 3 is 2.79 bits per heavy atom. The Balaban J connectivity index is 1.60. The molecule has 0 fully saturated rings. The van der Waals surface area contributed by atoms with Gasteiger partial charge in [-0.15, -0.1) is 0 Å². The van der Waals surface area contributed by atoms with Gasteiger partial charge < -0.3 is 4.74 Å². The highest BCUT2D eigenvalue weighted by Crippen LogP contribution is 2.24. The maximum Gasteiger partial charge on any atom is 0.273 e. The first-order chi connectivity index (χ1) is 11.6. The van der Waals surface area contributed by atoms with Crippen LogP contribution < -0.4 is 4.74 Å². The van der Waals surface area contributed by atoms with Crippen molar-refractivity contribution in [1.29, 1.82) is 0 Å². The average molecular weight is 343 g/mol. The van der Waals surface area contributed by atoms with Gasteiger partial charge in [-0.25, -0.2) is 4.98 Å². The molecule has 2 aromatic rings. The molecule has 1 aliphatic heterocycles. The SMILES string of the molecule is CCOc1ncc(CN2CCC=C(Cc3cc(C)nc(C)c3)C2)s1. The van der Waals surface area contributed by atoms with Crippen molar-refractivity contribution in [3.8, 4) is 5.19 Å². The van der Waals surface area contributed by atoms with Gasteiger partial charge in [0, 0.05) is 42.1 Å². The molecular weight excluding hydrogens is 318 g/mol. The quantitative estimate of drug-likeness (QED) is 0.745. The molecule has 0 radical (unpaired) electrons. The average Bonchev–Trinajstić information content (AvgIpc) is 2.94. The molecular formula is C19H25N3OS. The van der Waals surface area contributed by atoms with Crippen molar-refractivity contribution >= 4 is 11.3 Å². The molecule has 0 saturated carbocycles. The number of aromatic nitrogens is 2. The summed E-state index contributed by atoms with van der Waals surface area (Å²) in [7, 11) is 0. The molecule has 0 amide bonds. The summed E-state index contributed by atoms with van der Waals surface area (Å²) in [6.45, 7) is 9.90. The normalized spacial score (nSPS) is 15.4. The van der Waals surface area contributed by atoms with Crippen LogP contribution in [-0.4, -0.2) is 34.6 Å². The first-order valence-electron chi connectivity index (χ1n) is 8.54. The van der Waals surface area contributed by atoms with Crippen molar-refractivity contribution < 1.29 is 4.74 Å².